The molecule has 2 N–H and O–H groups in total. The van der Waals surface area contributed by atoms with Crippen molar-refractivity contribution in [3.05, 3.63) is 22.8 Å². The van der Waals surface area contributed by atoms with E-state index >= 15 is 0 Å². The fourth-order valence-electron chi connectivity index (χ4n) is 2.06. The fraction of sp³-hybridized carbons (Fsp3) is 0.462. The molecule has 1 aliphatic rings. The highest BCUT2D eigenvalue weighted by Gasteiger charge is 2.41. The van der Waals surface area contributed by atoms with Crippen LogP contribution in [0.25, 0.3) is 0 Å². The highest BCUT2D eigenvalue weighted by atomic mass is 16.3. The number of aryl methyl sites for hydroxylation is 1. The molecule has 1 aromatic carbocycles. The normalized spacial score (nSPS) is 23.2. The minimum absolute atomic E-state index is 0.00519. The van der Waals surface area contributed by atoms with Gasteiger partial charge < -0.3 is 10.2 Å². The lowest BCUT2D eigenvalue weighted by Crippen LogP contribution is -2.06. The Labute approximate surface area is 94.7 Å². The molecule has 0 saturated heterocycles. The number of phenolic OH excluding ortho intramolecular Hbond substituents is 2. The lowest BCUT2D eigenvalue weighted by atomic mass is 9.96. The molecule has 86 valence electrons. The number of carbonyl (C=O) groups excluding carboxylic acids is 1. The van der Waals surface area contributed by atoms with Gasteiger partial charge in [-0.05, 0) is 37.8 Å². The van der Waals surface area contributed by atoms with Gasteiger partial charge in [0.2, 0.25) is 0 Å². The number of ketones is 1. The standard InChI is InChI=1S/C13H16O3/c1-6-4-9(6)13(16)11-7(2)5-10(14)8(3)12(11)15/h5-6,9,14-15H,4H2,1-3H3. The van der Waals surface area contributed by atoms with E-state index in [9.17, 15) is 15.0 Å². The van der Waals surface area contributed by atoms with Gasteiger partial charge >= 0.3 is 0 Å². The third-order valence-corrected chi connectivity index (χ3v) is 3.42. The minimum Gasteiger partial charge on any atom is -0.508 e. The number of hydrogen-bond acceptors (Lipinski definition) is 3. The zero-order chi connectivity index (χ0) is 12.0. The number of aromatic hydroxyl groups is 2. The summed E-state index contributed by atoms with van der Waals surface area (Å²) < 4.78 is 0. The molecule has 1 saturated carbocycles. The molecule has 2 atom stereocenters. The van der Waals surface area contributed by atoms with Crippen molar-refractivity contribution in [2.24, 2.45) is 11.8 Å². The topological polar surface area (TPSA) is 57.5 Å². The molecular formula is C13H16O3. The largest absolute Gasteiger partial charge is 0.508 e. The van der Waals surface area contributed by atoms with Crippen LogP contribution < -0.4 is 0 Å². The fourth-order valence-corrected chi connectivity index (χ4v) is 2.06. The predicted octanol–water partition coefficient (Wildman–Crippen LogP) is 2.55. The van der Waals surface area contributed by atoms with Crippen LogP contribution in [0.4, 0.5) is 0 Å². The van der Waals surface area contributed by atoms with E-state index in [0.29, 0.717) is 22.6 Å². The molecule has 1 aliphatic carbocycles. The summed E-state index contributed by atoms with van der Waals surface area (Å²) in [5.74, 6) is 0.441. The molecule has 3 heteroatoms. The number of benzene rings is 1. The van der Waals surface area contributed by atoms with E-state index in [-0.39, 0.29) is 23.2 Å². The van der Waals surface area contributed by atoms with Crippen LogP contribution in [-0.4, -0.2) is 16.0 Å². The van der Waals surface area contributed by atoms with E-state index in [4.69, 9.17) is 0 Å². The van der Waals surface area contributed by atoms with Gasteiger partial charge in [0.15, 0.2) is 5.78 Å². The second-order valence-corrected chi connectivity index (χ2v) is 4.74. The Bertz CT molecular complexity index is 463. The number of rotatable bonds is 2. The van der Waals surface area contributed by atoms with E-state index in [1.54, 1.807) is 13.8 Å². The average molecular weight is 220 g/mol. The third-order valence-electron chi connectivity index (χ3n) is 3.42. The van der Waals surface area contributed by atoms with Crippen LogP contribution in [-0.2, 0) is 0 Å². The number of carbonyl (C=O) groups is 1. The first-order valence-corrected chi connectivity index (χ1v) is 5.49. The van der Waals surface area contributed by atoms with Crippen LogP contribution in [0.5, 0.6) is 11.5 Å². The molecular weight excluding hydrogens is 204 g/mol. The molecule has 16 heavy (non-hydrogen) atoms. The molecule has 0 amide bonds. The van der Waals surface area contributed by atoms with Crippen LogP contribution in [0.15, 0.2) is 6.07 Å². The van der Waals surface area contributed by atoms with Crippen molar-refractivity contribution in [2.45, 2.75) is 27.2 Å². The van der Waals surface area contributed by atoms with Gasteiger partial charge in [-0.15, -0.1) is 0 Å². The Kier molecular flexibility index (Phi) is 2.41. The zero-order valence-electron chi connectivity index (χ0n) is 9.74. The van der Waals surface area contributed by atoms with Crippen molar-refractivity contribution in [1.82, 2.24) is 0 Å². The highest BCUT2D eigenvalue weighted by Crippen LogP contribution is 2.43. The summed E-state index contributed by atoms with van der Waals surface area (Å²) in [7, 11) is 0. The smallest absolute Gasteiger partial charge is 0.170 e. The van der Waals surface area contributed by atoms with Gasteiger partial charge in [0.25, 0.3) is 0 Å². The lowest BCUT2D eigenvalue weighted by Gasteiger charge is -2.11. The average Bonchev–Trinajstić information content (AvgIpc) is 2.92. The number of hydrogen-bond donors (Lipinski definition) is 2. The molecule has 0 radical (unpaired) electrons. The van der Waals surface area contributed by atoms with Crippen LogP contribution >= 0.6 is 0 Å². The lowest BCUT2D eigenvalue weighted by molar-refractivity contribution is 0.0959. The van der Waals surface area contributed by atoms with Gasteiger partial charge in [0, 0.05) is 11.5 Å². The Balaban J connectivity index is 2.48. The van der Waals surface area contributed by atoms with Gasteiger partial charge in [-0.3, -0.25) is 4.79 Å². The molecule has 2 unspecified atom stereocenters. The molecule has 0 bridgehead atoms. The molecule has 1 aromatic rings. The van der Waals surface area contributed by atoms with Gasteiger partial charge in [0.1, 0.15) is 11.5 Å². The summed E-state index contributed by atoms with van der Waals surface area (Å²) in [4.78, 5) is 12.1. The quantitative estimate of drug-likeness (QED) is 0.753. The summed E-state index contributed by atoms with van der Waals surface area (Å²) in [5.41, 5.74) is 1.40. The maximum Gasteiger partial charge on any atom is 0.170 e. The molecule has 3 nitrogen and oxygen atoms in total. The maximum absolute atomic E-state index is 12.1. The van der Waals surface area contributed by atoms with Crippen LogP contribution in [0.3, 0.4) is 0 Å². The van der Waals surface area contributed by atoms with E-state index in [2.05, 4.69) is 0 Å². The first kappa shape index (κ1) is 11.0. The first-order chi connectivity index (χ1) is 7.43. The monoisotopic (exact) mass is 220 g/mol. The van der Waals surface area contributed by atoms with E-state index in [1.807, 2.05) is 6.92 Å². The second-order valence-electron chi connectivity index (χ2n) is 4.74. The third kappa shape index (κ3) is 1.56. The minimum atomic E-state index is -0.0680. The molecule has 0 spiro atoms. The van der Waals surface area contributed by atoms with Gasteiger partial charge in [0.05, 0.1) is 5.56 Å². The molecule has 1 fully saturated rings. The van der Waals surface area contributed by atoms with Crippen molar-refractivity contribution in [3.8, 4) is 11.5 Å². The SMILES string of the molecule is Cc1cc(O)c(C)c(O)c1C(=O)C1CC1C. The van der Waals surface area contributed by atoms with Crippen molar-refractivity contribution in [3.63, 3.8) is 0 Å². The molecule has 0 heterocycles. The summed E-state index contributed by atoms with van der Waals surface area (Å²) >= 11 is 0. The summed E-state index contributed by atoms with van der Waals surface area (Å²) in [6.45, 7) is 5.37. The van der Waals surface area contributed by atoms with Crippen LogP contribution in [0, 0.1) is 25.7 Å². The Hall–Kier alpha value is -1.51. The van der Waals surface area contributed by atoms with Gasteiger partial charge in [-0.1, -0.05) is 6.92 Å². The van der Waals surface area contributed by atoms with Crippen molar-refractivity contribution >= 4 is 5.78 Å². The van der Waals surface area contributed by atoms with E-state index < -0.39 is 0 Å². The van der Waals surface area contributed by atoms with Crippen molar-refractivity contribution < 1.29 is 15.0 Å². The zero-order valence-corrected chi connectivity index (χ0v) is 9.74. The van der Waals surface area contributed by atoms with Gasteiger partial charge in [-0.2, -0.15) is 0 Å². The number of Topliss-reactive ketones (excluding diaryl/α,β-unsaturated/α-hetero) is 1. The Morgan fingerprint density at radius 1 is 1.38 bits per heavy atom. The summed E-state index contributed by atoms with van der Waals surface area (Å²) in [5, 5.41) is 19.4. The van der Waals surface area contributed by atoms with Crippen LogP contribution in [0.2, 0.25) is 0 Å². The summed E-state index contributed by atoms with van der Waals surface area (Å²) in [6, 6.07) is 1.54. The van der Waals surface area contributed by atoms with Gasteiger partial charge in [-0.25, -0.2) is 0 Å². The maximum atomic E-state index is 12.1. The summed E-state index contributed by atoms with van der Waals surface area (Å²) in [6.07, 6.45) is 0.900. The molecule has 0 aromatic heterocycles. The van der Waals surface area contributed by atoms with Crippen molar-refractivity contribution in [1.29, 1.82) is 0 Å². The highest BCUT2D eigenvalue weighted by molar-refractivity contribution is 6.03. The first-order valence-electron chi connectivity index (χ1n) is 5.49. The Morgan fingerprint density at radius 3 is 2.44 bits per heavy atom. The van der Waals surface area contributed by atoms with E-state index in [1.165, 1.54) is 6.07 Å². The van der Waals surface area contributed by atoms with E-state index in [0.717, 1.165) is 6.42 Å². The second kappa shape index (κ2) is 3.51. The predicted molar refractivity (Wildman–Crippen MR) is 60.8 cm³/mol. The van der Waals surface area contributed by atoms with Crippen molar-refractivity contribution in [2.75, 3.05) is 0 Å². The Morgan fingerprint density at radius 2 is 1.94 bits per heavy atom. The number of phenols is 2. The molecule has 0 aliphatic heterocycles. The molecule has 2 rings (SSSR count). The van der Waals surface area contributed by atoms with Crippen LogP contribution in [0.1, 0.15) is 34.8 Å².